The minimum Gasteiger partial charge on any atom is -0.494 e. The molecule has 3 nitrogen and oxygen atoms in total. The number of fused-ring (bicyclic) bond motifs is 1. The van der Waals surface area contributed by atoms with Crippen molar-refractivity contribution in [1.82, 2.24) is 4.98 Å². The zero-order valence-corrected chi connectivity index (χ0v) is 12.7. The second kappa shape index (κ2) is 6.33. The van der Waals surface area contributed by atoms with Crippen molar-refractivity contribution in [1.29, 1.82) is 0 Å². The van der Waals surface area contributed by atoms with Gasteiger partial charge in [0.05, 0.1) is 6.61 Å². The van der Waals surface area contributed by atoms with Crippen molar-refractivity contribution in [3.8, 4) is 5.75 Å². The fourth-order valence-electron chi connectivity index (χ4n) is 3.32. The summed E-state index contributed by atoms with van der Waals surface area (Å²) in [4.78, 5) is 16.1. The molecule has 0 saturated heterocycles. The highest BCUT2D eigenvalue weighted by Gasteiger charge is 2.23. The molecular formula is C18H23NO2. The Morgan fingerprint density at radius 3 is 2.71 bits per heavy atom. The monoisotopic (exact) mass is 285 g/mol. The summed E-state index contributed by atoms with van der Waals surface area (Å²) in [5, 5.41) is 0.996. The lowest BCUT2D eigenvalue weighted by Crippen LogP contribution is -2.13. The van der Waals surface area contributed by atoms with E-state index in [1.54, 1.807) is 0 Å². The Labute approximate surface area is 125 Å². The Balaban J connectivity index is 1.91. The molecule has 0 spiro atoms. The number of hydrogen-bond acceptors (Lipinski definition) is 2. The second-order valence-electron chi connectivity index (χ2n) is 5.90. The molecular weight excluding hydrogens is 262 g/mol. The highest BCUT2D eigenvalue weighted by molar-refractivity contribution is 6.09. The van der Waals surface area contributed by atoms with Gasteiger partial charge in [0.1, 0.15) is 5.75 Å². The summed E-state index contributed by atoms with van der Waals surface area (Å²) in [6, 6.07) is 5.92. The lowest BCUT2D eigenvalue weighted by molar-refractivity contribution is 0.0909. The molecule has 0 amide bonds. The minimum atomic E-state index is 0.197. The van der Waals surface area contributed by atoms with Crippen LogP contribution in [0.4, 0.5) is 0 Å². The first-order valence-electron chi connectivity index (χ1n) is 8.07. The van der Waals surface area contributed by atoms with Gasteiger partial charge in [-0.15, -0.1) is 0 Å². The van der Waals surface area contributed by atoms with Gasteiger partial charge >= 0.3 is 0 Å². The number of hydrogen-bond donors (Lipinski definition) is 1. The highest BCUT2D eigenvalue weighted by atomic mass is 16.5. The Kier molecular flexibility index (Phi) is 4.28. The molecule has 21 heavy (non-hydrogen) atoms. The minimum absolute atomic E-state index is 0.197. The van der Waals surface area contributed by atoms with Gasteiger partial charge in [-0.25, -0.2) is 0 Å². The van der Waals surface area contributed by atoms with E-state index in [-0.39, 0.29) is 5.92 Å². The lowest BCUT2D eigenvalue weighted by atomic mass is 9.91. The molecule has 1 N–H and O–H groups in total. The fraction of sp³-hybridized carbons (Fsp3) is 0.500. The van der Waals surface area contributed by atoms with E-state index in [1.165, 1.54) is 25.7 Å². The third-order valence-electron chi connectivity index (χ3n) is 4.46. The SMILES string of the molecule is CCOc1ccc2[nH]cc(C(=O)C3CCCCCC3)c2c1. The van der Waals surface area contributed by atoms with E-state index in [0.717, 1.165) is 35.1 Å². The summed E-state index contributed by atoms with van der Waals surface area (Å²) in [7, 11) is 0. The van der Waals surface area contributed by atoms with Crippen LogP contribution < -0.4 is 4.74 Å². The van der Waals surface area contributed by atoms with Crippen LogP contribution in [0.25, 0.3) is 10.9 Å². The molecule has 0 atom stereocenters. The lowest BCUT2D eigenvalue weighted by Gasteiger charge is -2.12. The van der Waals surface area contributed by atoms with Crippen LogP contribution in [-0.4, -0.2) is 17.4 Å². The topological polar surface area (TPSA) is 42.1 Å². The molecule has 1 heterocycles. The number of rotatable bonds is 4. The smallest absolute Gasteiger partial charge is 0.168 e. The van der Waals surface area contributed by atoms with Gasteiger partial charge in [-0.2, -0.15) is 0 Å². The molecule has 0 aliphatic heterocycles. The number of carbonyl (C=O) groups excluding carboxylic acids is 1. The average molecular weight is 285 g/mol. The first-order valence-corrected chi connectivity index (χ1v) is 8.07. The average Bonchev–Trinajstić information content (AvgIpc) is 2.72. The maximum Gasteiger partial charge on any atom is 0.168 e. The van der Waals surface area contributed by atoms with Crippen molar-refractivity contribution in [2.75, 3.05) is 6.61 Å². The van der Waals surface area contributed by atoms with Crippen LogP contribution >= 0.6 is 0 Å². The highest BCUT2D eigenvalue weighted by Crippen LogP contribution is 2.30. The number of ketones is 1. The fourth-order valence-corrected chi connectivity index (χ4v) is 3.32. The van der Waals surface area contributed by atoms with E-state index >= 15 is 0 Å². The third kappa shape index (κ3) is 2.97. The number of carbonyl (C=O) groups is 1. The number of nitrogens with one attached hydrogen (secondary N) is 1. The van der Waals surface area contributed by atoms with Crippen molar-refractivity contribution in [2.24, 2.45) is 5.92 Å². The molecule has 3 heteroatoms. The number of aromatic amines is 1. The molecule has 1 aromatic heterocycles. The summed E-state index contributed by atoms with van der Waals surface area (Å²) in [6.45, 7) is 2.61. The second-order valence-corrected chi connectivity index (χ2v) is 5.90. The molecule has 1 fully saturated rings. The van der Waals surface area contributed by atoms with Gasteiger partial charge < -0.3 is 9.72 Å². The maximum atomic E-state index is 12.8. The number of benzene rings is 1. The Morgan fingerprint density at radius 1 is 1.24 bits per heavy atom. The van der Waals surface area contributed by atoms with Gasteiger partial charge in [-0.3, -0.25) is 4.79 Å². The van der Waals surface area contributed by atoms with Crippen molar-refractivity contribution in [3.63, 3.8) is 0 Å². The third-order valence-corrected chi connectivity index (χ3v) is 4.46. The molecule has 2 aromatic rings. The quantitative estimate of drug-likeness (QED) is 0.652. The normalized spacial score (nSPS) is 16.8. The maximum absolute atomic E-state index is 12.8. The van der Waals surface area contributed by atoms with Gasteiger partial charge in [0, 0.05) is 28.6 Å². The Morgan fingerprint density at radius 2 is 2.00 bits per heavy atom. The summed E-state index contributed by atoms with van der Waals surface area (Å²) in [5.74, 6) is 1.33. The first-order chi connectivity index (χ1) is 10.3. The largest absolute Gasteiger partial charge is 0.494 e. The molecule has 0 bridgehead atoms. The van der Waals surface area contributed by atoms with E-state index in [2.05, 4.69) is 4.98 Å². The van der Waals surface area contributed by atoms with Gasteiger partial charge in [-0.05, 0) is 38.0 Å². The molecule has 1 saturated carbocycles. The van der Waals surface area contributed by atoms with Gasteiger partial charge in [0.2, 0.25) is 0 Å². The molecule has 3 rings (SSSR count). The van der Waals surface area contributed by atoms with Crippen LogP contribution in [-0.2, 0) is 0 Å². The van der Waals surface area contributed by atoms with Crippen molar-refractivity contribution < 1.29 is 9.53 Å². The van der Waals surface area contributed by atoms with E-state index in [1.807, 2.05) is 31.3 Å². The summed E-state index contributed by atoms with van der Waals surface area (Å²) in [6.07, 6.45) is 8.85. The van der Waals surface area contributed by atoms with Crippen LogP contribution in [0.1, 0.15) is 55.8 Å². The standard InChI is InChI=1S/C18H23NO2/c1-2-21-14-9-10-17-15(11-14)16(12-19-17)18(20)13-7-5-3-4-6-8-13/h9-13,19H,2-8H2,1H3. The zero-order chi connectivity index (χ0) is 14.7. The van der Waals surface area contributed by atoms with E-state index < -0.39 is 0 Å². The zero-order valence-electron chi connectivity index (χ0n) is 12.7. The predicted octanol–water partition coefficient (Wildman–Crippen LogP) is 4.72. The van der Waals surface area contributed by atoms with Crippen LogP contribution in [0.5, 0.6) is 5.75 Å². The first kappa shape index (κ1) is 14.2. The predicted molar refractivity (Wildman–Crippen MR) is 85.0 cm³/mol. The molecule has 1 aliphatic rings. The van der Waals surface area contributed by atoms with Crippen molar-refractivity contribution in [2.45, 2.75) is 45.4 Å². The van der Waals surface area contributed by atoms with Crippen LogP contribution in [0.2, 0.25) is 0 Å². The van der Waals surface area contributed by atoms with E-state index in [4.69, 9.17) is 4.74 Å². The number of ether oxygens (including phenoxy) is 1. The Hall–Kier alpha value is -1.77. The summed E-state index contributed by atoms with van der Waals surface area (Å²) < 4.78 is 5.56. The van der Waals surface area contributed by atoms with Crippen molar-refractivity contribution in [3.05, 3.63) is 30.0 Å². The van der Waals surface area contributed by atoms with E-state index in [0.29, 0.717) is 12.4 Å². The van der Waals surface area contributed by atoms with Gasteiger partial charge in [-0.1, -0.05) is 25.7 Å². The van der Waals surface area contributed by atoms with E-state index in [9.17, 15) is 4.79 Å². The molecule has 0 radical (unpaired) electrons. The van der Waals surface area contributed by atoms with Crippen molar-refractivity contribution >= 4 is 16.7 Å². The summed E-state index contributed by atoms with van der Waals surface area (Å²) >= 11 is 0. The van der Waals surface area contributed by atoms with Crippen LogP contribution in [0.15, 0.2) is 24.4 Å². The van der Waals surface area contributed by atoms with Gasteiger partial charge in [0.15, 0.2) is 5.78 Å². The summed E-state index contributed by atoms with van der Waals surface area (Å²) in [5.41, 5.74) is 1.84. The molecule has 112 valence electrons. The van der Waals surface area contributed by atoms with Crippen LogP contribution in [0.3, 0.4) is 0 Å². The number of H-pyrrole nitrogens is 1. The van der Waals surface area contributed by atoms with Gasteiger partial charge in [0.25, 0.3) is 0 Å². The number of Topliss-reactive ketones (excluding diaryl/α,β-unsaturated/α-hetero) is 1. The van der Waals surface area contributed by atoms with Crippen LogP contribution in [0, 0.1) is 5.92 Å². The Bertz CT molecular complexity index is 621. The molecule has 1 aliphatic carbocycles. The molecule has 1 aromatic carbocycles. The molecule has 0 unspecified atom stereocenters. The number of aromatic nitrogens is 1.